The number of rotatable bonds is 3. The fraction of sp³-hybridized carbons (Fsp3) is 0.722. The highest BCUT2D eigenvalue weighted by molar-refractivity contribution is 5.80. The van der Waals surface area contributed by atoms with Gasteiger partial charge in [-0.2, -0.15) is 0 Å². The molecule has 0 aromatic carbocycles. The van der Waals surface area contributed by atoms with Gasteiger partial charge in [0.1, 0.15) is 6.61 Å². The van der Waals surface area contributed by atoms with E-state index in [1.807, 2.05) is 9.80 Å². The van der Waals surface area contributed by atoms with Gasteiger partial charge in [0.05, 0.1) is 23.5 Å². The van der Waals surface area contributed by atoms with Crippen molar-refractivity contribution in [3.8, 4) is 0 Å². The summed E-state index contributed by atoms with van der Waals surface area (Å²) in [5, 5.41) is 3.27. The summed E-state index contributed by atoms with van der Waals surface area (Å²) in [6, 6.07) is 0. The molecular weight excluding hydrogens is 334 g/mol. The van der Waals surface area contributed by atoms with Crippen LogP contribution in [0.5, 0.6) is 0 Å². The lowest BCUT2D eigenvalue weighted by atomic mass is 9.78. The molecule has 2 N–H and O–H groups in total. The van der Waals surface area contributed by atoms with Crippen LogP contribution in [0, 0.1) is 5.92 Å². The predicted molar refractivity (Wildman–Crippen MR) is 94.3 cm³/mol. The number of imidazole rings is 1. The topological polar surface area (TPSA) is 90.6 Å². The maximum Gasteiger partial charge on any atom is 0.249 e. The molecule has 3 aliphatic rings. The Bertz CT molecular complexity index is 674. The smallest absolute Gasteiger partial charge is 0.249 e. The van der Waals surface area contributed by atoms with Gasteiger partial charge in [0.15, 0.2) is 0 Å². The quantitative estimate of drug-likeness (QED) is 0.783. The zero-order valence-corrected chi connectivity index (χ0v) is 15.3. The first-order valence-electron chi connectivity index (χ1n) is 9.47. The van der Waals surface area contributed by atoms with E-state index in [1.165, 1.54) is 0 Å². The Hall–Kier alpha value is -1.93. The van der Waals surface area contributed by atoms with Crippen LogP contribution in [0.3, 0.4) is 0 Å². The number of likely N-dealkylation sites (tertiary alicyclic amines) is 1. The Morgan fingerprint density at radius 1 is 1.35 bits per heavy atom. The van der Waals surface area contributed by atoms with Gasteiger partial charge < -0.3 is 24.8 Å². The molecule has 8 nitrogen and oxygen atoms in total. The molecule has 1 spiro atoms. The normalized spacial score (nSPS) is 24.7. The summed E-state index contributed by atoms with van der Waals surface area (Å²) < 4.78 is 5.10. The van der Waals surface area contributed by atoms with E-state index in [9.17, 15) is 9.59 Å². The fourth-order valence-electron chi connectivity index (χ4n) is 4.77. The molecule has 2 amide bonds. The highest BCUT2D eigenvalue weighted by Crippen LogP contribution is 2.42. The Balaban J connectivity index is 1.55. The van der Waals surface area contributed by atoms with Gasteiger partial charge in [-0.05, 0) is 25.8 Å². The fourth-order valence-corrected chi connectivity index (χ4v) is 4.77. The Kier molecular flexibility index (Phi) is 4.71. The first kappa shape index (κ1) is 17.5. The number of piperidine rings is 1. The van der Waals surface area contributed by atoms with Gasteiger partial charge in [0.2, 0.25) is 11.8 Å². The number of carbonyl (C=O) groups excluding carboxylic acids is 2. The molecule has 0 aliphatic carbocycles. The van der Waals surface area contributed by atoms with Crippen molar-refractivity contribution in [1.82, 2.24) is 25.1 Å². The van der Waals surface area contributed by atoms with Crippen molar-refractivity contribution < 1.29 is 14.3 Å². The highest BCUT2D eigenvalue weighted by Gasteiger charge is 2.49. The van der Waals surface area contributed by atoms with Crippen LogP contribution in [-0.2, 0) is 26.3 Å². The van der Waals surface area contributed by atoms with Crippen molar-refractivity contribution in [2.45, 2.75) is 31.2 Å². The van der Waals surface area contributed by atoms with Crippen LogP contribution in [0.4, 0.5) is 0 Å². The van der Waals surface area contributed by atoms with E-state index in [0.717, 1.165) is 50.2 Å². The number of nitrogens with zero attached hydrogens (tertiary/aromatic N) is 3. The number of methoxy groups -OCH3 is 1. The number of fused-ring (bicyclic) bond motifs is 2. The monoisotopic (exact) mass is 361 g/mol. The van der Waals surface area contributed by atoms with E-state index >= 15 is 0 Å². The van der Waals surface area contributed by atoms with Crippen LogP contribution in [0.2, 0.25) is 0 Å². The number of aromatic amines is 1. The summed E-state index contributed by atoms with van der Waals surface area (Å²) in [6.07, 6.45) is 4.88. The minimum absolute atomic E-state index is 0.000851. The molecule has 3 aliphatic heterocycles. The molecule has 8 heteroatoms. The molecule has 1 atom stereocenters. The highest BCUT2D eigenvalue weighted by atomic mass is 16.5. The summed E-state index contributed by atoms with van der Waals surface area (Å²) in [7, 11) is 1.55. The third kappa shape index (κ3) is 2.81. The number of hydrogen-bond acceptors (Lipinski definition) is 5. The first-order valence-corrected chi connectivity index (χ1v) is 9.47. The van der Waals surface area contributed by atoms with Gasteiger partial charge in [-0.3, -0.25) is 9.59 Å². The third-order valence-corrected chi connectivity index (χ3v) is 6.14. The number of H-pyrrole nitrogens is 1. The molecule has 1 aromatic rings. The van der Waals surface area contributed by atoms with Crippen LogP contribution < -0.4 is 5.32 Å². The number of aromatic nitrogens is 2. The van der Waals surface area contributed by atoms with Gasteiger partial charge in [-0.1, -0.05) is 0 Å². The van der Waals surface area contributed by atoms with Crippen LogP contribution in [0.1, 0.15) is 30.7 Å². The zero-order valence-electron chi connectivity index (χ0n) is 15.3. The van der Waals surface area contributed by atoms with Crippen LogP contribution in [0.25, 0.3) is 0 Å². The Labute approximate surface area is 153 Å². The minimum Gasteiger partial charge on any atom is -0.375 e. The van der Waals surface area contributed by atoms with E-state index in [1.54, 1.807) is 13.4 Å². The Morgan fingerprint density at radius 3 is 2.85 bits per heavy atom. The summed E-state index contributed by atoms with van der Waals surface area (Å²) in [6.45, 7) is 3.78. The van der Waals surface area contributed by atoms with Crippen molar-refractivity contribution in [3.05, 3.63) is 17.7 Å². The minimum atomic E-state index is -0.423. The van der Waals surface area contributed by atoms with Crippen LogP contribution >= 0.6 is 0 Å². The summed E-state index contributed by atoms with van der Waals surface area (Å²) in [5.41, 5.74) is 1.67. The molecule has 0 bridgehead atoms. The maximum absolute atomic E-state index is 12.7. The second kappa shape index (κ2) is 7.00. The predicted octanol–water partition coefficient (Wildman–Crippen LogP) is -0.132. The summed E-state index contributed by atoms with van der Waals surface area (Å²) >= 11 is 0. The van der Waals surface area contributed by atoms with E-state index in [4.69, 9.17) is 4.74 Å². The maximum atomic E-state index is 12.7. The molecule has 4 heterocycles. The molecule has 1 aromatic heterocycles. The number of amides is 2. The van der Waals surface area contributed by atoms with Crippen molar-refractivity contribution >= 4 is 11.8 Å². The van der Waals surface area contributed by atoms with Crippen LogP contribution in [-0.4, -0.2) is 78.0 Å². The first-order chi connectivity index (χ1) is 12.7. The molecule has 2 saturated heterocycles. The van der Waals surface area contributed by atoms with Crippen molar-refractivity contribution in [2.75, 3.05) is 46.4 Å². The van der Waals surface area contributed by atoms with Gasteiger partial charge in [0.25, 0.3) is 0 Å². The Morgan fingerprint density at radius 2 is 2.15 bits per heavy atom. The van der Waals surface area contributed by atoms with Crippen molar-refractivity contribution in [1.29, 1.82) is 0 Å². The van der Waals surface area contributed by atoms with Gasteiger partial charge in [-0.25, -0.2) is 4.98 Å². The SMILES string of the molecule is COCC(=O)N1CCc2[nH]cnc2C12CCN(C(=O)[C@H]1CCNC1)CC2. The second-order valence-electron chi connectivity index (χ2n) is 7.50. The average Bonchev–Trinajstić information content (AvgIpc) is 3.34. The van der Waals surface area contributed by atoms with Gasteiger partial charge in [0, 0.05) is 45.4 Å². The lowest BCUT2D eigenvalue weighted by Crippen LogP contribution is -2.60. The lowest BCUT2D eigenvalue weighted by Gasteiger charge is -2.50. The molecule has 0 saturated carbocycles. The average molecular weight is 361 g/mol. The van der Waals surface area contributed by atoms with E-state index in [-0.39, 0.29) is 24.3 Å². The van der Waals surface area contributed by atoms with Crippen molar-refractivity contribution in [3.63, 3.8) is 0 Å². The van der Waals surface area contributed by atoms with Gasteiger partial charge >= 0.3 is 0 Å². The number of carbonyl (C=O) groups is 2. The number of nitrogens with one attached hydrogen (secondary N) is 2. The zero-order chi connectivity index (χ0) is 18.1. The summed E-state index contributed by atoms with van der Waals surface area (Å²) in [5.74, 6) is 0.348. The largest absolute Gasteiger partial charge is 0.375 e. The molecule has 4 rings (SSSR count). The van der Waals surface area contributed by atoms with E-state index in [2.05, 4.69) is 15.3 Å². The summed E-state index contributed by atoms with van der Waals surface area (Å²) in [4.78, 5) is 37.2. The lowest BCUT2D eigenvalue weighted by molar-refractivity contribution is -0.148. The standard InChI is InChI=1S/C18H27N5O3/c1-26-11-15(24)23-7-3-14-16(21-12-20-14)18(23)4-8-22(9-5-18)17(25)13-2-6-19-10-13/h12-13,19H,2-11H2,1H3,(H,20,21)/t13-/m0/s1. The van der Waals surface area contributed by atoms with E-state index < -0.39 is 5.54 Å². The number of hydrogen-bond donors (Lipinski definition) is 2. The van der Waals surface area contributed by atoms with Crippen LogP contribution in [0.15, 0.2) is 6.33 Å². The second-order valence-corrected chi connectivity index (χ2v) is 7.50. The molecule has 0 radical (unpaired) electrons. The number of ether oxygens (including phenoxy) is 1. The molecule has 142 valence electrons. The molecule has 26 heavy (non-hydrogen) atoms. The van der Waals surface area contributed by atoms with Crippen molar-refractivity contribution in [2.24, 2.45) is 5.92 Å². The molecular formula is C18H27N5O3. The molecule has 0 unspecified atom stereocenters. The van der Waals surface area contributed by atoms with Gasteiger partial charge in [-0.15, -0.1) is 0 Å². The third-order valence-electron chi connectivity index (χ3n) is 6.14. The molecule has 2 fully saturated rings. The van der Waals surface area contributed by atoms with E-state index in [0.29, 0.717) is 19.6 Å².